The van der Waals surface area contributed by atoms with Gasteiger partial charge in [-0.2, -0.15) is 0 Å². The van der Waals surface area contributed by atoms with Crippen molar-refractivity contribution in [3.05, 3.63) is 0 Å². The van der Waals surface area contributed by atoms with Crippen molar-refractivity contribution in [3.8, 4) is 0 Å². The van der Waals surface area contributed by atoms with Gasteiger partial charge in [0.2, 0.25) is 0 Å². The van der Waals surface area contributed by atoms with Crippen LogP contribution in [0, 0.1) is 16.2 Å². The number of hydrogen-bond donors (Lipinski definition) is 2. The lowest BCUT2D eigenvalue weighted by Crippen LogP contribution is -2.62. The van der Waals surface area contributed by atoms with Gasteiger partial charge in [0.1, 0.15) is 16.8 Å². The van der Waals surface area contributed by atoms with Gasteiger partial charge in [-0.1, -0.05) is 60.8 Å². The minimum Gasteiger partial charge on any atom is -0.457 e. The van der Waals surface area contributed by atoms with Gasteiger partial charge in [-0.05, 0) is 102 Å². The fraction of sp³-hybridized carbons (Fsp3) is 0.903. The molecule has 0 spiro atoms. The Morgan fingerprint density at radius 2 is 0.857 bits per heavy atom. The molecule has 0 saturated heterocycles. The number of esters is 3. The van der Waals surface area contributed by atoms with E-state index >= 15 is 0 Å². The van der Waals surface area contributed by atoms with Crippen LogP contribution in [-0.4, -0.2) is 44.4 Å². The maximum atomic E-state index is 14.6. The summed E-state index contributed by atoms with van der Waals surface area (Å²) >= 11 is 9.87. The van der Waals surface area contributed by atoms with Crippen LogP contribution in [0.15, 0.2) is 0 Å². The van der Waals surface area contributed by atoms with Crippen molar-refractivity contribution in [1.29, 1.82) is 0 Å². The van der Waals surface area contributed by atoms with Gasteiger partial charge in [0, 0.05) is 16.2 Å². The minimum absolute atomic E-state index is 0.358. The molecule has 3 saturated carbocycles. The minimum atomic E-state index is -3.73. The Hall–Kier alpha value is -0.280. The lowest BCUT2D eigenvalue weighted by Gasteiger charge is -2.50. The summed E-state index contributed by atoms with van der Waals surface area (Å²) in [6.07, 6.45) is 9.62. The molecule has 1 N–H and O–H groups in total. The second-order valence-electron chi connectivity index (χ2n) is 15.4. The van der Waals surface area contributed by atoms with Gasteiger partial charge >= 0.3 is 22.7 Å². The van der Waals surface area contributed by atoms with E-state index in [9.17, 15) is 19.3 Å². The molecule has 0 aliphatic heterocycles. The summed E-state index contributed by atoms with van der Waals surface area (Å²) in [6, 6.07) is 0. The van der Waals surface area contributed by atoms with Crippen molar-refractivity contribution < 1.29 is 33.5 Å². The van der Waals surface area contributed by atoms with Gasteiger partial charge in [0.15, 0.2) is 4.67 Å². The maximum absolute atomic E-state index is 14.6. The van der Waals surface area contributed by atoms with E-state index in [1.54, 1.807) is 0 Å². The van der Waals surface area contributed by atoms with Crippen molar-refractivity contribution in [2.75, 3.05) is 0 Å². The third-order valence-electron chi connectivity index (χ3n) is 11.5. The molecule has 242 valence electrons. The van der Waals surface area contributed by atoms with Crippen LogP contribution >= 0.6 is 28.3 Å². The zero-order valence-corrected chi connectivity index (χ0v) is 30.5. The van der Waals surface area contributed by atoms with E-state index in [4.69, 9.17) is 26.0 Å². The van der Waals surface area contributed by atoms with E-state index in [2.05, 4.69) is 12.2 Å². The third kappa shape index (κ3) is 6.93. The van der Waals surface area contributed by atoms with E-state index in [1.807, 2.05) is 62.3 Å². The van der Waals surface area contributed by atoms with Gasteiger partial charge in [-0.25, -0.2) is 14.4 Å². The Labute approximate surface area is 267 Å². The SMILES string of the molecule is CC1(C)CCCCC1(C)OC(=O)C(SP(O)(=S)S)(C(=O)OC1(C)CCCCC1(C)C)C(=O)OC1(C)CCCCC1(C)C. The Kier molecular flexibility index (Phi) is 10.5. The Bertz CT molecular complexity index is 999. The highest BCUT2D eigenvalue weighted by Gasteiger charge is 2.66. The molecule has 7 nitrogen and oxygen atoms in total. The first-order valence-electron chi connectivity index (χ1n) is 15.4. The summed E-state index contributed by atoms with van der Waals surface area (Å²) in [7, 11) is 0. The normalized spacial score (nSPS) is 35.1. The molecule has 0 aromatic heterocycles. The quantitative estimate of drug-likeness (QED) is 0.0873. The van der Waals surface area contributed by atoms with E-state index < -0.39 is 60.4 Å². The number of rotatable bonds is 8. The van der Waals surface area contributed by atoms with Crippen molar-refractivity contribution >= 4 is 58.0 Å². The first-order valence-corrected chi connectivity index (χ1v) is 20.8. The molecule has 0 aromatic carbocycles. The van der Waals surface area contributed by atoms with Crippen molar-refractivity contribution in [3.63, 3.8) is 0 Å². The molecule has 0 amide bonds. The topological polar surface area (TPSA) is 99.1 Å². The van der Waals surface area contributed by atoms with Gasteiger partial charge in [0.25, 0.3) is 0 Å². The third-order valence-corrected chi connectivity index (χ3v) is 15.4. The van der Waals surface area contributed by atoms with Crippen molar-refractivity contribution in [2.45, 2.75) is 161 Å². The number of ether oxygens (including phenoxy) is 3. The fourth-order valence-corrected chi connectivity index (χ4v) is 11.4. The average Bonchev–Trinajstić information content (AvgIpc) is 2.82. The van der Waals surface area contributed by atoms with Crippen LogP contribution in [0.2, 0.25) is 0 Å². The maximum Gasteiger partial charge on any atom is 0.346 e. The molecule has 3 aliphatic rings. The van der Waals surface area contributed by atoms with Crippen LogP contribution in [0.1, 0.15) is 139 Å². The second-order valence-corrected chi connectivity index (χ2v) is 24.9. The summed E-state index contributed by atoms with van der Waals surface area (Å²) in [5, 5.41) is 0. The number of carbonyl (C=O) groups is 3. The molecule has 3 fully saturated rings. The summed E-state index contributed by atoms with van der Waals surface area (Å²) in [5.41, 5.74) is -4.15. The summed E-state index contributed by atoms with van der Waals surface area (Å²) < 4.78 is 12.4. The Balaban J connectivity index is 2.17. The molecule has 0 bridgehead atoms. The molecular formula is C31H53O7PS3. The molecule has 0 aromatic rings. The van der Waals surface area contributed by atoms with E-state index in [-0.39, 0.29) is 0 Å². The van der Waals surface area contributed by atoms with Gasteiger partial charge in [-0.3, -0.25) is 0 Å². The monoisotopic (exact) mass is 664 g/mol. The summed E-state index contributed by atoms with van der Waals surface area (Å²) in [6.45, 7) is 17.7. The Morgan fingerprint density at radius 1 is 0.619 bits per heavy atom. The number of carbonyl (C=O) groups excluding carboxylic acids is 3. The van der Waals surface area contributed by atoms with Crippen LogP contribution in [0.3, 0.4) is 0 Å². The number of thiol groups is 1. The lowest BCUT2D eigenvalue weighted by atomic mass is 9.66. The van der Waals surface area contributed by atoms with Crippen LogP contribution in [-0.2, 0) is 40.4 Å². The molecule has 3 rings (SSSR count). The summed E-state index contributed by atoms with van der Waals surface area (Å²) in [5.74, 6) is -3.31. The molecule has 0 radical (unpaired) electrons. The smallest absolute Gasteiger partial charge is 0.346 e. The van der Waals surface area contributed by atoms with E-state index in [1.165, 1.54) is 0 Å². The van der Waals surface area contributed by atoms with E-state index in [0.29, 0.717) is 30.6 Å². The molecular weight excluding hydrogens is 612 g/mol. The highest BCUT2D eigenvalue weighted by molar-refractivity contribution is 8.95. The molecule has 3 aliphatic carbocycles. The standard InChI is InChI=1S/C31H53O7PS3/c1-25(2)16-10-13-19-28(25,7)36-22(32)31(42-39(35,40)41,23(33)37-29(8)20-14-11-17-26(29,3)4)24(34)38-30(9)21-15-12-18-27(30,5)6/h10-21H2,1-9H3,(H2,35,40,41). The van der Waals surface area contributed by atoms with Crippen molar-refractivity contribution in [2.24, 2.45) is 16.2 Å². The first kappa shape index (κ1) is 36.2. The van der Waals surface area contributed by atoms with Crippen LogP contribution in [0.25, 0.3) is 0 Å². The van der Waals surface area contributed by atoms with Crippen LogP contribution in [0.5, 0.6) is 0 Å². The fourth-order valence-electron chi connectivity index (χ4n) is 6.83. The zero-order valence-electron chi connectivity index (χ0n) is 27.1. The number of hydrogen-bond acceptors (Lipinski definition) is 8. The molecule has 11 heteroatoms. The largest absolute Gasteiger partial charge is 0.457 e. The summed E-state index contributed by atoms with van der Waals surface area (Å²) in [4.78, 5) is 54.7. The van der Waals surface area contributed by atoms with Gasteiger partial charge < -0.3 is 19.1 Å². The lowest BCUT2D eigenvalue weighted by molar-refractivity contribution is -0.204. The Morgan fingerprint density at radius 3 is 1.07 bits per heavy atom. The van der Waals surface area contributed by atoms with Crippen molar-refractivity contribution in [1.82, 2.24) is 0 Å². The second kappa shape index (κ2) is 12.1. The predicted octanol–water partition coefficient (Wildman–Crippen LogP) is 8.31. The molecule has 4 atom stereocenters. The van der Waals surface area contributed by atoms with Gasteiger partial charge in [0.05, 0.1) is 0 Å². The van der Waals surface area contributed by atoms with E-state index in [0.717, 1.165) is 57.8 Å². The van der Waals surface area contributed by atoms with Gasteiger partial charge in [-0.15, -0.1) is 12.2 Å². The molecule has 4 unspecified atom stereocenters. The zero-order chi connectivity index (χ0) is 32.0. The van der Waals surface area contributed by atoms with Crippen LogP contribution in [0.4, 0.5) is 0 Å². The molecule has 0 heterocycles. The molecule has 42 heavy (non-hydrogen) atoms. The predicted molar refractivity (Wildman–Crippen MR) is 176 cm³/mol. The first-order chi connectivity index (χ1) is 19.0. The highest BCUT2D eigenvalue weighted by Crippen LogP contribution is 2.66. The average molecular weight is 665 g/mol. The highest BCUT2D eigenvalue weighted by atomic mass is 33.2. The van der Waals surface area contributed by atoms with Crippen LogP contribution < -0.4 is 0 Å².